The van der Waals surface area contributed by atoms with Gasteiger partial charge < -0.3 is 15.5 Å². The fourth-order valence-corrected chi connectivity index (χ4v) is 3.11. The standard InChI is InChI=1S/C19H28FN3O2/c1-15(24)16-7-8-18(17(20)14-16)22-10-12-23(13-11-22)19(25)6-4-2-3-5-9-21/h7-8,14H,2-6,9-13,21H2,1H3. The van der Waals surface area contributed by atoms with Gasteiger partial charge in [-0.15, -0.1) is 0 Å². The van der Waals surface area contributed by atoms with Crippen LogP contribution in [-0.4, -0.2) is 49.3 Å². The van der Waals surface area contributed by atoms with Crippen LogP contribution in [0.15, 0.2) is 18.2 Å². The van der Waals surface area contributed by atoms with E-state index in [4.69, 9.17) is 5.73 Å². The van der Waals surface area contributed by atoms with E-state index >= 15 is 0 Å². The lowest BCUT2D eigenvalue weighted by molar-refractivity contribution is -0.131. The second-order valence-electron chi connectivity index (χ2n) is 6.54. The molecule has 0 aliphatic carbocycles. The molecule has 0 spiro atoms. The molecule has 0 saturated carbocycles. The van der Waals surface area contributed by atoms with Crippen LogP contribution in [0, 0.1) is 5.82 Å². The summed E-state index contributed by atoms with van der Waals surface area (Å²) in [4.78, 5) is 27.3. The zero-order valence-electron chi connectivity index (χ0n) is 15.0. The first kappa shape index (κ1) is 19.4. The smallest absolute Gasteiger partial charge is 0.222 e. The number of hydrogen-bond donors (Lipinski definition) is 1. The maximum atomic E-state index is 14.2. The average molecular weight is 349 g/mol. The number of halogens is 1. The van der Waals surface area contributed by atoms with Crippen molar-refractivity contribution in [1.82, 2.24) is 4.90 Å². The summed E-state index contributed by atoms with van der Waals surface area (Å²) >= 11 is 0. The van der Waals surface area contributed by atoms with E-state index in [0.29, 0.717) is 50.4 Å². The maximum Gasteiger partial charge on any atom is 0.222 e. The van der Waals surface area contributed by atoms with Crippen molar-refractivity contribution in [2.45, 2.75) is 39.0 Å². The van der Waals surface area contributed by atoms with Crippen LogP contribution in [0.25, 0.3) is 0 Å². The Morgan fingerprint density at radius 1 is 1.08 bits per heavy atom. The normalized spacial score (nSPS) is 14.7. The molecule has 138 valence electrons. The molecule has 5 nitrogen and oxygen atoms in total. The Hall–Kier alpha value is -1.95. The molecule has 1 saturated heterocycles. The van der Waals surface area contributed by atoms with Crippen LogP contribution in [0.2, 0.25) is 0 Å². The van der Waals surface area contributed by atoms with Gasteiger partial charge in [0, 0.05) is 38.2 Å². The Morgan fingerprint density at radius 2 is 1.76 bits per heavy atom. The quantitative estimate of drug-likeness (QED) is 0.579. The van der Waals surface area contributed by atoms with Gasteiger partial charge in [0.2, 0.25) is 5.91 Å². The molecule has 1 heterocycles. The number of carbonyl (C=O) groups is 2. The molecule has 1 aliphatic heterocycles. The number of benzene rings is 1. The third-order valence-corrected chi connectivity index (χ3v) is 4.67. The third-order valence-electron chi connectivity index (χ3n) is 4.67. The number of unbranched alkanes of at least 4 members (excludes halogenated alkanes) is 3. The molecule has 0 bridgehead atoms. The number of nitrogens with two attached hydrogens (primary N) is 1. The van der Waals surface area contributed by atoms with Crippen LogP contribution in [-0.2, 0) is 4.79 Å². The predicted molar refractivity (Wildman–Crippen MR) is 97.3 cm³/mol. The lowest BCUT2D eigenvalue weighted by Gasteiger charge is -2.36. The summed E-state index contributed by atoms with van der Waals surface area (Å²) < 4.78 is 14.2. The number of carbonyl (C=O) groups excluding carboxylic acids is 2. The highest BCUT2D eigenvalue weighted by Gasteiger charge is 2.22. The Morgan fingerprint density at radius 3 is 2.36 bits per heavy atom. The molecule has 1 aliphatic rings. The lowest BCUT2D eigenvalue weighted by Crippen LogP contribution is -2.49. The third kappa shape index (κ3) is 5.53. The second kappa shape index (κ2) is 9.51. The van der Waals surface area contributed by atoms with Crippen LogP contribution in [0.4, 0.5) is 10.1 Å². The van der Waals surface area contributed by atoms with Crippen molar-refractivity contribution in [1.29, 1.82) is 0 Å². The number of Topliss-reactive ketones (excluding diaryl/α,β-unsaturated/α-hetero) is 1. The minimum absolute atomic E-state index is 0.146. The predicted octanol–water partition coefficient (Wildman–Crippen LogP) is 2.59. The highest BCUT2D eigenvalue weighted by Crippen LogP contribution is 2.22. The van der Waals surface area contributed by atoms with E-state index in [-0.39, 0.29) is 17.5 Å². The number of rotatable bonds is 8. The van der Waals surface area contributed by atoms with E-state index in [2.05, 4.69) is 0 Å². The number of amides is 1. The summed E-state index contributed by atoms with van der Waals surface area (Å²) in [6.07, 6.45) is 4.61. The first-order valence-corrected chi connectivity index (χ1v) is 9.06. The monoisotopic (exact) mass is 349 g/mol. The van der Waals surface area contributed by atoms with Gasteiger partial charge in [0.15, 0.2) is 5.78 Å². The highest BCUT2D eigenvalue weighted by atomic mass is 19.1. The summed E-state index contributed by atoms with van der Waals surface area (Å²) in [6.45, 7) is 4.56. The first-order chi connectivity index (χ1) is 12.0. The zero-order chi connectivity index (χ0) is 18.2. The van der Waals surface area contributed by atoms with Gasteiger partial charge in [-0.1, -0.05) is 12.8 Å². The van der Waals surface area contributed by atoms with Gasteiger partial charge in [-0.25, -0.2) is 4.39 Å². The van der Waals surface area contributed by atoms with Crippen LogP contribution in [0.3, 0.4) is 0 Å². The fourth-order valence-electron chi connectivity index (χ4n) is 3.11. The van der Waals surface area contributed by atoms with Crippen LogP contribution < -0.4 is 10.6 Å². The Kier molecular flexibility index (Phi) is 7.37. The molecule has 25 heavy (non-hydrogen) atoms. The Bertz CT molecular complexity index is 598. The summed E-state index contributed by atoms with van der Waals surface area (Å²) in [5.74, 6) is -0.348. The van der Waals surface area contributed by atoms with Gasteiger partial charge in [-0.2, -0.15) is 0 Å². The number of anilines is 1. The summed E-state index contributed by atoms with van der Waals surface area (Å²) in [7, 11) is 0. The van der Waals surface area contributed by atoms with Crippen molar-refractivity contribution >= 4 is 17.4 Å². The second-order valence-corrected chi connectivity index (χ2v) is 6.54. The van der Waals surface area contributed by atoms with Gasteiger partial charge in [0.05, 0.1) is 5.69 Å². The fraction of sp³-hybridized carbons (Fsp3) is 0.579. The SMILES string of the molecule is CC(=O)c1ccc(N2CCN(C(=O)CCCCCCN)CC2)c(F)c1. The van der Waals surface area contributed by atoms with Gasteiger partial charge in [-0.05, 0) is 44.5 Å². The molecule has 1 aromatic carbocycles. The molecular weight excluding hydrogens is 321 g/mol. The van der Waals surface area contributed by atoms with Gasteiger partial charge in [0.25, 0.3) is 0 Å². The number of hydrogen-bond acceptors (Lipinski definition) is 4. The van der Waals surface area contributed by atoms with Gasteiger partial charge in [-0.3, -0.25) is 9.59 Å². The zero-order valence-corrected chi connectivity index (χ0v) is 15.0. The Balaban J connectivity index is 1.81. The topological polar surface area (TPSA) is 66.6 Å². The van der Waals surface area contributed by atoms with Gasteiger partial charge >= 0.3 is 0 Å². The summed E-state index contributed by atoms with van der Waals surface area (Å²) in [5.41, 5.74) is 6.34. The van der Waals surface area contributed by atoms with Gasteiger partial charge in [0.1, 0.15) is 5.82 Å². The van der Waals surface area contributed by atoms with Crippen molar-refractivity contribution in [3.63, 3.8) is 0 Å². The molecule has 2 N–H and O–H groups in total. The lowest BCUT2D eigenvalue weighted by atomic mass is 10.1. The highest BCUT2D eigenvalue weighted by molar-refractivity contribution is 5.94. The minimum atomic E-state index is -0.382. The molecular formula is C19H28FN3O2. The van der Waals surface area contributed by atoms with E-state index in [9.17, 15) is 14.0 Å². The van der Waals surface area contributed by atoms with Crippen molar-refractivity contribution in [3.05, 3.63) is 29.6 Å². The first-order valence-electron chi connectivity index (χ1n) is 9.06. The minimum Gasteiger partial charge on any atom is -0.366 e. The van der Waals surface area contributed by atoms with Crippen molar-refractivity contribution in [2.75, 3.05) is 37.6 Å². The molecule has 0 radical (unpaired) electrons. The van der Waals surface area contributed by atoms with E-state index in [0.717, 1.165) is 25.7 Å². The Labute approximate surface area is 149 Å². The van der Waals surface area contributed by atoms with E-state index in [1.807, 2.05) is 9.80 Å². The van der Waals surface area contributed by atoms with Crippen molar-refractivity contribution in [2.24, 2.45) is 5.73 Å². The van der Waals surface area contributed by atoms with Crippen LogP contribution >= 0.6 is 0 Å². The van der Waals surface area contributed by atoms with E-state index in [1.165, 1.54) is 13.0 Å². The molecule has 1 amide bonds. The largest absolute Gasteiger partial charge is 0.366 e. The number of piperazine rings is 1. The van der Waals surface area contributed by atoms with E-state index < -0.39 is 0 Å². The summed E-state index contributed by atoms with van der Waals surface area (Å²) in [5, 5.41) is 0. The molecule has 0 unspecified atom stereocenters. The van der Waals surface area contributed by atoms with Crippen LogP contribution in [0.5, 0.6) is 0 Å². The number of ketones is 1. The molecule has 1 aromatic rings. The maximum absolute atomic E-state index is 14.2. The number of nitrogens with zero attached hydrogens (tertiary/aromatic N) is 2. The average Bonchev–Trinajstić information content (AvgIpc) is 2.61. The molecule has 1 fully saturated rings. The van der Waals surface area contributed by atoms with Crippen molar-refractivity contribution in [3.8, 4) is 0 Å². The molecule has 6 heteroatoms. The molecule has 0 atom stereocenters. The summed E-state index contributed by atoms with van der Waals surface area (Å²) in [6, 6.07) is 4.59. The molecule has 2 rings (SSSR count). The van der Waals surface area contributed by atoms with Crippen LogP contribution in [0.1, 0.15) is 49.4 Å². The molecule has 0 aromatic heterocycles. The van der Waals surface area contributed by atoms with Crippen molar-refractivity contribution < 1.29 is 14.0 Å². The van der Waals surface area contributed by atoms with E-state index in [1.54, 1.807) is 12.1 Å².